The quantitative estimate of drug-likeness (QED) is 0.753. The number of rotatable bonds is 7. The maximum atomic E-state index is 13.7. The Hall–Kier alpha value is -2.42. The van der Waals surface area contributed by atoms with Crippen LogP contribution in [0.25, 0.3) is 0 Å². The van der Waals surface area contributed by atoms with Gasteiger partial charge in [0.15, 0.2) is 0 Å². The van der Waals surface area contributed by atoms with Crippen molar-refractivity contribution in [3.05, 3.63) is 64.7 Å². The van der Waals surface area contributed by atoms with E-state index in [1.54, 1.807) is 12.1 Å². The molecule has 0 saturated heterocycles. The molecule has 0 saturated carbocycles. The smallest absolute Gasteiger partial charge is 0.225 e. The maximum absolute atomic E-state index is 13.7. The lowest BCUT2D eigenvalue weighted by Crippen LogP contribution is -2.28. The Morgan fingerprint density at radius 2 is 1.92 bits per heavy atom. The molecule has 0 fully saturated rings. The van der Waals surface area contributed by atoms with Gasteiger partial charge in [0.1, 0.15) is 11.6 Å². The van der Waals surface area contributed by atoms with Crippen LogP contribution in [0, 0.1) is 24.0 Å². The van der Waals surface area contributed by atoms with Crippen LogP contribution in [0.2, 0.25) is 5.02 Å². The summed E-state index contributed by atoms with van der Waals surface area (Å²) in [5, 5.41) is 2.76. The van der Waals surface area contributed by atoms with Crippen LogP contribution in [0.4, 0.5) is 14.5 Å². The summed E-state index contributed by atoms with van der Waals surface area (Å²) in [6, 6.07) is 10.1. The summed E-state index contributed by atoms with van der Waals surface area (Å²) < 4.78 is 26.6. The summed E-state index contributed by atoms with van der Waals surface area (Å²) in [4.78, 5) is 13.9. The highest BCUT2D eigenvalue weighted by Crippen LogP contribution is 2.19. The second-order valence-corrected chi connectivity index (χ2v) is 5.90. The molecule has 2 rings (SSSR count). The molecule has 0 unspecified atom stereocenters. The molecule has 0 spiro atoms. The van der Waals surface area contributed by atoms with E-state index in [9.17, 15) is 13.6 Å². The number of terminal acetylenes is 1. The zero-order valence-corrected chi connectivity index (χ0v) is 14.2. The second kappa shape index (κ2) is 9.16. The summed E-state index contributed by atoms with van der Waals surface area (Å²) in [5.74, 6) is 1.30. The zero-order chi connectivity index (χ0) is 18.2. The summed E-state index contributed by atoms with van der Waals surface area (Å²) in [6.45, 7) is 1.23. The molecule has 2 aromatic carbocycles. The molecule has 0 aliphatic heterocycles. The van der Waals surface area contributed by atoms with Gasteiger partial charge in [-0.25, -0.2) is 8.78 Å². The fourth-order valence-electron chi connectivity index (χ4n) is 2.25. The SMILES string of the molecule is C#CCN(CCC(=O)Nc1ccc(Cl)cc1F)Cc1ccc(F)cc1. The van der Waals surface area contributed by atoms with E-state index in [4.69, 9.17) is 18.0 Å². The van der Waals surface area contributed by atoms with Gasteiger partial charge in [0.2, 0.25) is 5.91 Å². The minimum Gasteiger partial charge on any atom is -0.324 e. The zero-order valence-electron chi connectivity index (χ0n) is 13.4. The normalized spacial score (nSPS) is 10.5. The minimum absolute atomic E-state index is 0.0800. The van der Waals surface area contributed by atoms with Gasteiger partial charge in [-0.2, -0.15) is 0 Å². The number of benzene rings is 2. The lowest BCUT2D eigenvalue weighted by atomic mass is 10.2. The maximum Gasteiger partial charge on any atom is 0.225 e. The van der Waals surface area contributed by atoms with Crippen LogP contribution < -0.4 is 5.32 Å². The van der Waals surface area contributed by atoms with E-state index in [1.165, 1.54) is 24.3 Å². The highest BCUT2D eigenvalue weighted by molar-refractivity contribution is 6.30. The summed E-state index contributed by atoms with van der Waals surface area (Å²) in [5.41, 5.74) is 0.970. The predicted octanol–water partition coefficient (Wildman–Crippen LogP) is 4.08. The van der Waals surface area contributed by atoms with Gasteiger partial charge in [0.25, 0.3) is 0 Å². The fraction of sp³-hybridized carbons (Fsp3) is 0.211. The van der Waals surface area contributed by atoms with Crippen LogP contribution in [0.15, 0.2) is 42.5 Å². The first-order valence-electron chi connectivity index (χ1n) is 7.63. The topological polar surface area (TPSA) is 32.3 Å². The average molecular weight is 363 g/mol. The molecule has 1 amide bonds. The number of halogens is 3. The van der Waals surface area contributed by atoms with Crippen LogP contribution in [-0.4, -0.2) is 23.9 Å². The highest BCUT2D eigenvalue weighted by atomic mass is 35.5. The number of nitrogens with zero attached hydrogens (tertiary/aromatic N) is 1. The van der Waals surface area contributed by atoms with Gasteiger partial charge in [-0.05, 0) is 35.9 Å². The lowest BCUT2D eigenvalue weighted by molar-refractivity contribution is -0.116. The van der Waals surface area contributed by atoms with Crippen molar-refractivity contribution in [2.75, 3.05) is 18.4 Å². The monoisotopic (exact) mass is 362 g/mol. The molecule has 130 valence electrons. The third-order valence-corrected chi connectivity index (χ3v) is 3.73. The Labute approximate surface area is 150 Å². The van der Waals surface area contributed by atoms with E-state index in [0.29, 0.717) is 19.6 Å². The van der Waals surface area contributed by atoms with Crippen molar-refractivity contribution in [1.82, 2.24) is 4.90 Å². The number of amides is 1. The lowest BCUT2D eigenvalue weighted by Gasteiger charge is -2.19. The highest BCUT2D eigenvalue weighted by Gasteiger charge is 2.11. The minimum atomic E-state index is -0.590. The van der Waals surface area contributed by atoms with E-state index >= 15 is 0 Å². The molecular weight excluding hydrogens is 346 g/mol. The van der Waals surface area contributed by atoms with Crippen LogP contribution >= 0.6 is 11.6 Å². The summed E-state index contributed by atoms with van der Waals surface area (Å²) in [6.07, 6.45) is 5.50. The molecular formula is C19H17ClF2N2O. The molecule has 3 nitrogen and oxygen atoms in total. The Kier molecular flexibility index (Phi) is 6.93. The third kappa shape index (κ3) is 6.18. The van der Waals surface area contributed by atoms with Crippen molar-refractivity contribution < 1.29 is 13.6 Å². The number of hydrogen-bond acceptors (Lipinski definition) is 2. The molecule has 2 aromatic rings. The van der Waals surface area contributed by atoms with E-state index in [-0.39, 0.29) is 28.9 Å². The first-order valence-corrected chi connectivity index (χ1v) is 8.01. The molecule has 1 N–H and O–H groups in total. The Morgan fingerprint density at radius 1 is 1.20 bits per heavy atom. The van der Waals surface area contributed by atoms with Gasteiger partial charge in [0, 0.05) is 24.5 Å². The average Bonchev–Trinajstić information content (AvgIpc) is 2.57. The van der Waals surface area contributed by atoms with Crippen molar-refractivity contribution in [1.29, 1.82) is 0 Å². The van der Waals surface area contributed by atoms with Crippen molar-refractivity contribution in [3.8, 4) is 12.3 Å². The number of anilines is 1. The van der Waals surface area contributed by atoms with Crippen molar-refractivity contribution in [2.45, 2.75) is 13.0 Å². The van der Waals surface area contributed by atoms with Crippen LogP contribution in [0.3, 0.4) is 0 Å². The van der Waals surface area contributed by atoms with Gasteiger partial charge in [-0.15, -0.1) is 6.42 Å². The standard InChI is InChI=1S/C19H17ClF2N2O/c1-2-10-24(13-14-3-6-16(21)7-4-14)11-9-19(25)23-18-8-5-15(20)12-17(18)22/h1,3-8,12H,9-11,13H2,(H,23,25). The predicted molar refractivity (Wildman–Crippen MR) is 95.2 cm³/mol. The van der Waals surface area contributed by atoms with Gasteiger partial charge >= 0.3 is 0 Å². The molecule has 0 bridgehead atoms. The number of hydrogen-bond donors (Lipinski definition) is 1. The fourth-order valence-corrected chi connectivity index (χ4v) is 2.41. The molecule has 0 aliphatic carbocycles. The second-order valence-electron chi connectivity index (χ2n) is 5.46. The van der Waals surface area contributed by atoms with E-state index in [0.717, 1.165) is 11.6 Å². The number of carbonyl (C=O) groups excluding carboxylic acids is 1. The van der Waals surface area contributed by atoms with Gasteiger partial charge in [0.05, 0.1) is 12.2 Å². The first kappa shape index (κ1) is 18.9. The first-order chi connectivity index (χ1) is 12.0. The van der Waals surface area contributed by atoms with Gasteiger partial charge in [-0.3, -0.25) is 9.69 Å². The molecule has 0 radical (unpaired) electrons. The van der Waals surface area contributed by atoms with E-state index in [1.807, 2.05) is 4.90 Å². The van der Waals surface area contributed by atoms with Crippen LogP contribution in [0.5, 0.6) is 0 Å². The molecule has 25 heavy (non-hydrogen) atoms. The molecule has 6 heteroatoms. The van der Waals surface area contributed by atoms with Crippen molar-refractivity contribution in [2.24, 2.45) is 0 Å². The Bertz CT molecular complexity index is 772. The third-order valence-electron chi connectivity index (χ3n) is 3.49. The van der Waals surface area contributed by atoms with E-state index in [2.05, 4.69) is 11.2 Å². The van der Waals surface area contributed by atoms with Crippen molar-refractivity contribution >= 4 is 23.2 Å². The van der Waals surface area contributed by atoms with Crippen molar-refractivity contribution in [3.63, 3.8) is 0 Å². The Morgan fingerprint density at radius 3 is 2.56 bits per heavy atom. The summed E-state index contributed by atoms with van der Waals surface area (Å²) in [7, 11) is 0. The molecule has 0 aromatic heterocycles. The Balaban J connectivity index is 1.90. The number of carbonyl (C=O) groups is 1. The molecule has 0 aliphatic rings. The largest absolute Gasteiger partial charge is 0.324 e. The van der Waals surface area contributed by atoms with Crippen LogP contribution in [-0.2, 0) is 11.3 Å². The number of nitrogens with one attached hydrogen (secondary N) is 1. The van der Waals surface area contributed by atoms with Gasteiger partial charge in [-0.1, -0.05) is 29.7 Å². The molecule has 0 heterocycles. The van der Waals surface area contributed by atoms with E-state index < -0.39 is 5.82 Å². The van der Waals surface area contributed by atoms with Gasteiger partial charge < -0.3 is 5.32 Å². The summed E-state index contributed by atoms with van der Waals surface area (Å²) >= 11 is 5.68. The van der Waals surface area contributed by atoms with Crippen LogP contribution in [0.1, 0.15) is 12.0 Å². The molecule has 0 atom stereocenters.